The second-order valence-electron chi connectivity index (χ2n) is 8.38. The number of phenolic OH excluding ortho intramolecular Hbond substituents is 1. The number of carboxylic acid groups (broad SMARTS) is 2. The number of halogens is 4. The van der Waals surface area contributed by atoms with Crippen LogP contribution < -0.4 is 16.2 Å². The molecule has 4 rings (SSSR count). The topological polar surface area (TPSA) is 172 Å². The zero-order chi connectivity index (χ0) is 28.9. The Hall–Kier alpha value is -1.42. The van der Waals surface area contributed by atoms with Gasteiger partial charge in [0, 0.05) is 23.5 Å². The van der Waals surface area contributed by atoms with E-state index in [4.69, 9.17) is 26.4 Å². The molecule has 0 aliphatic carbocycles. The Bertz CT molecular complexity index is 1460. The van der Waals surface area contributed by atoms with Crippen LogP contribution in [0.4, 0.5) is 0 Å². The minimum Gasteiger partial charge on any atom is -0.506 e. The summed E-state index contributed by atoms with van der Waals surface area (Å²) in [6, 6.07) is 13.3. The smallest absolute Gasteiger partial charge is 0.320 e. The number of benzene rings is 3. The maximum atomic E-state index is 10.9. The van der Waals surface area contributed by atoms with Crippen molar-refractivity contribution >= 4 is 113 Å². The van der Waals surface area contributed by atoms with Gasteiger partial charge in [-0.1, -0.05) is 18.2 Å². The van der Waals surface area contributed by atoms with Crippen molar-refractivity contribution in [2.24, 2.45) is 11.5 Å². The van der Waals surface area contributed by atoms with Crippen LogP contribution >= 0.6 is 90.4 Å². The summed E-state index contributed by atoms with van der Waals surface area (Å²) in [7, 11) is 0. The highest BCUT2D eigenvalue weighted by Gasteiger charge is 2.17. The number of carboxylic acids is 2. The standard InChI is InChI=1S/C15H11I4NO4.C11H12N2O2/c16-8-4-7(5-9(17)13(8)21)24-14-10(18)1-6(2-11(14)19)3-12(20)15(22)23;12-9(11(14)15)5-7-6-13-10-4-2-1-3-8(7)10/h1-2,4-5,12,21H,3,20H2,(H,22,23);1-4,6,9,13H,5,12H2,(H,14,15)/t12-;9-/m00/s1. The number of aliphatic carboxylic acids is 2. The van der Waals surface area contributed by atoms with Crippen LogP contribution in [-0.4, -0.2) is 44.3 Å². The summed E-state index contributed by atoms with van der Waals surface area (Å²) in [4.78, 5) is 24.6. The van der Waals surface area contributed by atoms with Crippen molar-refractivity contribution in [1.29, 1.82) is 0 Å². The molecule has 0 spiro atoms. The van der Waals surface area contributed by atoms with Crippen LogP contribution in [0.3, 0.4) is 0 Å². The summed E-state index contributed by atoms with van der Waals surface area (Å²) >= 11 is 8.42. The third-order valence-corrected chi connectivity index (χ3v) is 8.72. The number of carbonyl (C=O) groups is 2. The van der Waals surface area contributed by atoms with Crippen molar-refractivity contribution in [3.05, 3.63) is 80.1 Å². The first-order valence-electron chi connectivity index (χ1n) is 11.2. The van der Waals surface area contributed by atoms with Crippen molar-refractivity contribution in [2.45, 2.75) is 24.9 Å². The van der Waals surface area contributed by atoms with Gasteiger partial charge in [-0.05, 0) is 138 Å². The van der Waals surface area contributed by atoms with Crippen molar-refractivity contribution < 1.29 is 29.6 Å². The van der Waals surface area contributed by atoms with Crippen LogP contribution in [-0.2, 0) is 22.4 Å². The van der Waals surface area contributed by atoms with Crippen LogP contribution in [0.1, 0.15) is 11.1 Å². The average Bonchev–Trinajstić information content (AvgIpc) is 3.27. The van der Waals surface area contributed by atoms with Gasteiger partial charge in [0.25, 0.3) is 0 Å². The van der Waals surface area contributed by atoms with Crippen LogP contribution in [0, 0.1) is 14.3 Å². The third kappa shape index (κ3) is 8.78. The molecule has 0 amide bonds. The number of nitrogens with two attached hydrogens (primary N) is 2. The number of aromatic amines is 1. The molecule has 0 aliphatic heterocycles. The summed E-state index contributed by atoms with van der Waals surface area (Å²) in [6.07, 6.45) is 2.42. The molecule has 13 heteroatoms. The molecule has 0 aliphatic rings. The summed E-state index contributed by atoms with van der Waals surface area (Å²) in [5.41, 5.74) is 13.9. The molecule has 0 unspecified atom stereocenters. The van der Waals surface area contributed by atoms with Crippen LogP contribution in [0.15, 0.2) is 54.7 Å². The van der Waals surface area contributed by atoms with Gasteiger partial charge < -0.3 is 36.5 Å². The van der Waals surface area contributed by atoms with E-state index in [1.165, 1.54) is 0 Å². The molecule has 206 valence electrons. The fourth-order valence-electron chi connectivity index (χ4n) is 3.51. The molecule has 0 radical (unpaired) electrons. The predicted octanol–water partition coefficient (Wildman–Crippen LogP) is 5.68. The van der Waals surface area contributed by atoms with E-state index in [2.05, 4.69) is 95.3 Å². The van der Waals surface area contributed by atoms with E-state index < -0.39 is 24.0 Å². The molecule has 0 bridgehead atoms. The number of nitrogens with one attached hydrogen (secondary N) is 1. The molecule has 0 saturated carbocycles. The minimum absolute atomic E-state index is 0.242. The van der Waals surface area contributed by atoms with E-state index in [0.29, 0.717) is 25.1 Å². The van der Waals surface area contributed by atoms with Gasteiger partial charge in [0.1, 0.15) is 23.6 Å². The number of aromatic hydroxyl groups is 1. The Labute approximate surface area is 278 Å². The number of phenols is 1. The van der Waals surface area contributed by atoms with Crippen molar-refractivity contribution in [3.63, 3.8) is 0 Å². The zero-order valence-electron chi connectivity index (χ0n) is 20.0. The average molecular weight is 981 g/mol. The van der Waals surface area contributed by atoms with E-state index in [1.54, 1.807) is 12.1 Å². The summed E-state index contributed by atoms with van der Waals surface area (Å²) in [6.45, 7) is 0. The third-order valence-electron chi connectivity index (χ3n) is 5.47. The maximum Gasteiger partial charge on any atom is 0.320 e. The van der Waals surface area contributed by atoms with Crippen LogP contribution in [0.25, 0.3) is 10.9 Å². The molecular formula is C26H23I4N3O6. The van der Waals surface area contributed by atoms with Crippen molar-refractivity contribution in [2.75, 3.05) is 0 Å². The lowest BCUT2D eigenvalue weighted by molar-refractivity contribution is -0.139. The number of fused-ring (bicyclic) bond motifs is 1. The van der Waals surface area contributed by atoms with Gasteiger partial charge >= 0.3 is 11.9 Å². The lowest BCUT2D eigenvalue weighted by Gasteiger charge is -2.14. The van der Waals surface area contributed by atoms with Gasteiger partial charge in [0.2, 0.25) is 0 Å². The molecule has 0 saturated heterocycles. The van der Waals surface area contributed by atoms with Crippen LogP contribution in [0.5, 0.6) is 17.2 Å². The van der Waals surface area contributed by atoms with Crippen LogP contribution in [0.2, 0.25) is 0 Å². The first-order chi connectivity index (χ1) is 18.4. The highest BCUT2D eigenvalue weighted by molar-refractivity contribution is 14.1. The molecule has 3 aromatic carbocycles. The van der Waals surface area contributed by atoms with Gasteiger partial charge in [-0.2, -0.15) is 0 Å². The number of H-pyrrole nitrogens is 1. The molecule has 0 fully saturated rings. The first-order valence-corrected chi connectivity index (χ1v) is 15.5. The lowest BCUT2D eigenvalue weighted by Crippen LogP contribution is -2.32. The SMILES string of the molecule is N[C@@H](Cc1c[nH]c2ccccc12)C(=O)O.N[C@@H](Cc1cc(I)c(Oc2cc(I)c(O)c(I)c2)c(I)c1)C(=O)O. The quantitative estimate of drug-likeness (QED) is 0.123. The Balaban J connectivity index is 0.000000239. The fourth-order valence-corrected chi connectivity index (χ4v) is 7.34. The first kappa shape index (κ1) is 32.1. The summed E-state index contributed by atoms with van der Waals surface area (Å²) in [5, 5.41) is 28.5. The molecule has 9 nitrogen and oxygen atoms in total. The maximum absolute atomic E-state index is 10.9. The predicted molar refractivity (Wildman–Crippen MR) is 182 cm³/mol. The number of para-hydroxylation sites is 1. The fraction of sp³-hybridized carbons (Fsp3) is 0.154. The monoisotopic (exact) mass is 981 g/mol. The van der Waals surface area contributed by atoms with Gasteiger partial charge in [0.05, 0.1) is 14.3 Å². The van der Waals surface area contributed by atoms with Gasteiger partial charge in [-0.25, -0.2) is 0 Å². The highest BCUT2D eigenvalue weighted by Crippen LogP contribution is 2.37. The van der Waals surface area contributed by atoms with E-state index in [-0.39, 0.29) is 12.2 Å². The normalized spacial score (nSPS) is 12.4. The molecule has 4 aromatic rings. The molecule has 2 atom stereocenters. The van der Waals surface area contributed by atoms with E-state index >= 15 is 0 Å². The molecule has 1 heterocycles. The number of rotatable bonds is 8. The second-order valence-corrected chi connectivity index (χ2v) is 13.0. The Kier molecular flexibility index (Phi) is 11.9. The summed E-state index contributed by atoms with van der Waals surface area (Å²) in [5.74, 6) is -0.423. The van der Waals surface area contributed by atoms with Gasteiger partial charge in [-0.3, -0.25) is 9.59 Å². The second kappa shape index (κ2) is 14.5. The molecule has 8 N–H and O–H groups in total. The van der Waals surface area contributed by atoms with E-state index in [0.717, 1.165) is 29.2 Å². The van der Waals surface area contributed by atoms with Gasteiger partial charge in [-0.15, -0.1) is 0 Å². The number of aromatic nitrogens is 1. The van der Waals surface area contributed by atoms with Gasteiger partial charge in [0.15, 0.2) is 5.75 Å². The van der Waals surface area contributed by atoms with E-state index in [1.807, 2.05) is 42.6 Å². The molecular weight excluding hydrogens is 958 g/mol. The van der Waals surface area contributed by atoms with Crippen molar-refractivity contribution in [3.8, 4) is 17.2 Å². The Morgan fingerprint density at radius 1 is 0.846 bits per heavy atom. The Morgan fingerprint density at radius 3 is 1.95 bits per heavy atom. The summed E-state index contributed by atoms with van der Waals surface area (Å²) < 4.78 is 9.14. The number of ether oxygens (including phenoxy) is 1. The lowest BCUT2D eigenvalue weighted by atomic mass is 10.1. The molecule has 1 aromatic heterocycles. The number of hydrogen-bond acceptors (Lipinski definition) is 6. The molecule has 39 heavy (non-hydrogen) atoms. The number of hydrogen-bond donors (Lipinski definition) is 6. The largest absolute Gasteiger partial charge is 0.506 e. The Morgan fingerprint density at radius 2 is 1.38 bits per heavy atom. The van der Waals surface area contributed by atoms with E-state index in [9.17, 15) is 14.7 Å². The zero-order valence-corrected chi connectivity index (χ0v) is 28.6. The van der Waals surface area contributed by atoms with Crippen molar-refractivity contribution in [1.82, 2.24) is 4.98 Å². The minimum atomic E-state index is -1.02. The highest BCUT2D eigenvalue weighted by atomic mass is 127.